The number of carbonyl (C=O) groups is 2. The summed E-state index contributed by atoms with van der Waals surface area (Å²) in [6, 6.07) is -1.68. The zero-order valence-corrected chi connectivity index (χ0v) is 10.3. The van der Waals surface area contributed by atoms with Gasteiger partial charge in [0.15, 0.2) is 0 Å². The van der Waals surface area contributed by atoms with Crippen molar-refractivity contribution in [3.63, 3.8) is 0 Å². The van der Waals surface area contributed by atoms with Gasteiger partial charge in [0.1, 0.15) is 6.04 Å². The van der Waals surface area contributed by atoms with Crippen molar-refractivity contribution < 1.29 is 19.8 Å². The number of nitrogens with two attached hydrogens (primary N) is 2. The molecule has 1 heterocycles. The molecule has 18 heavy (non-hydrogen) atoms. The van der Waals surface area contributed by atoms with Gasteiger partial charge in [-0.1, -0.05) is 6.42 Å². The van der Waals surface area contributed by atoms with Gasteiger partial charge in [-0.2, -0.15) is 0 Å². The fourth-order valence-electron chi connectivity index (χ4n) is 2.14. The highest BCUT2D eigenvalue weighted by molar-refractivity contribution is 5.87. The number of β-amino-alcohol motifs (C(OH)–C–C–N with tert-alkyl or cyclic N) is 1. The number of aliphatic carboxylic acids is 1. The molecular formula is C11H21N3O4. The zero-order valence-electron chi connectivity index (χ0n) is 10.3. The van der Waals surface area contributed by atoms with Crippen LogP contribution in [0.1, 0.15) is 25.7 Å². The number of nitrogens with zero attached hydrogens (tertiary/aromatic N) is 1. The smallest absolute Gasteiger partial charge is 0.326 e. The molecule has 1 amide bonds. The van der Waals surface area contributed by atoms with Crippen LogP contribution in [0, 0.1) is 0 Å². The number of rotatable bonds is 6. The number of likely N-dealkylation sites (tertiary alicyclic amines) is 1. The summed E-state index contributed by atoms with van der Waals surface area (Å²) in [5.41, 5.74) is 11.1. The second kappa shape index (κ2) is 6.67. The van der Waals surface area contributed by atoms with Gasteiger partial charge in [0.2, 0.25) is 5.91 Å². The van der Waals surface area contributed by atoms with Crippen molar-refractivity contribution in [1.82, 2.24) is 4.90 Å². The molecule has 0 bridgehead atoms. The van der Waals surface area contributed by atoms with Crippen LogP contribution in [0.3, 0.4) is 0 Å². The quantitative estimate of drug-likeness (QED) is 0.429. The van der Waals surface area contributed by atoms with Gasteiger partial charge < -0.3 is 26.6 Å². The van der Waals surface area contributed by atoms with Crippen molar-refractivity contribution >= 4 is 11.9 Å². The Morgan fingerprint density at radius 1 is 1.39 bits per heavy atom. The van der Waals surface area contributed by atoms with Crippen LogP contribution < -0.4 is 11.5 Å². The molecule has 104 valence electrons. The van der Waals surface area contributed by atoms with E-state index in [2.05, 4.69) is 0 Å². The van der Waals surface area contributed by atoms with E-state index in [-0.39, 0.29) is 13.0 Å². The van der Waals surface area contributed by atoms with Crippen LogP contribution in [-0.4, -0.2) is 58.3 Å². The first kappa shape index (κ1) is 14.9. The number of carboxylic acids is 1. The van der Waals surface area contributed by atoms with E-state index in [1.54, 1.807) is 0 Å². The van der Waals surface area contributed by atoms with E-state index >= 15 is 0 Å². The van der Waals surface area contributed by atoms with Gasteiger partial charge in [-0.15, -0.1) is 0 Å². The van der Waals surface area contributed by atoms with Crippen LogP contribution in [-0.2, 0) is 9.59 Å². The largest absolute Gasteiger partial charge is 0.480 e. The molecule has 0 aromatic carbocycles. The number of carboxylic acid groups (broad SMARTS) is 1. The summed E-state index contributed by atoms with van der Waals surface area (Å²) < 4.78 is 0. The molecule has 0 saturated carbocycles. The number of hydrogen-bond donors (Lipinski definition) is 4. The number of amides is 1. The molecule has 7 nitrogen and oxygen atoms in total. The lowest BCUT2D eigenvalue weighted by molar-refractivity contribution is -0.148. The second-order valence-electron chi connectivity index (χ2n) is 4.63. The lowest BCUT2D eigenvalue weighted by Gasteiger charge is -2.24. The highest BCUT2D eigenvalue weighted by Crippen LogP contribution is 2.19. The minimum Gasteiger partial charge on any atom is -0.480 e. The molecule has 3 atom stereocenters. The fraction of sp³-hybridized carbons (Fsp3) is 0.818. The molecule has 7 heteroatoms. The van der Waals surface area contributed by atoms with E-state index in [0.717, 1.165) is 12.8 Å². The van der Waals surface area contributed by atoms with Crippen LogP contribution in [0.4, 0.5) is 0 Å². The summed E-state index contributed by atoms with van der Waals surface area (Å²) in [6.45, 7) is 0.585. The number of aliphatic hydroxyl groups is 1. The Morgan fingerprint density at radius 3 is 2.61 bits per heavy atom. The van der Waals surface area contributed by atoms with Crippen LogP contribution >= 0.6 is 0 Å². The van der Waals surface area contributed by atoms with E-state index < -0.39 is 30.1 Å². The molecule has 1 aliphatic heterocycles. The summed E-state index contributed by atoms with van der Waals surface area (Å²) in [5, 5.41) is 18.4. The van der Waals surface area contributed by atoms with E-state index in [9.17, 15) is 14.7 Å². The van der Waals surface area contributed by atoms with Crippen molar-refractivity contribution in [2.24, 2.45) is 11.5 Å². The predicted octanol–water partition coefficient (Wildman–Crippen LogP) is -1.51. The molecule has 0 aliphatic carbocycles. The minimum atomic E-state index is -1.10. The average Bonchev–Trinajstić information content (AvgIpc) is 2.70. The van der Waals surface area contributed by atoms with E-state index in [0.29, 0.717) is 13.0 Å². The first-order chi connectivity index (χ1) is 8.47. The highest BCUT2D eigenvalue weighted by Gasteiger charge is 2.40. The Bertz CT molecular complexity index is 311. The first-order valence-corrected chi connectivity index (χ1v) is 6.14. The summed E-state index contributed by atoms with van der Waals surface area (Å²) in [4.78, 5) is 24.1. The average molecular weight is 259 g/mol. The summed E-state index contributed by atoms with van der Waals surface area (Å²) in [6.07, 6.45) is 1.28. The van der Waals surface area contributed by atoms with Gasteiger partial charge in [-0.3, -0.25) is 4.79 Å². The summed E-state index contributed by atoms with van der Waals surface area (Å²) in [7, 11) is 0. The van der Waals surface area contributed by atoms with Crippen molar-refractivity contribution in [3.8, 4) is 0 Å². The summed E-state index contributed by atoms with van der Waals surface area (Å²) in [5.74, 6) is -1.51. The Balaban J connectivity index is 2.56. The van der Waals surface area contributed by atoms with Gasteiger partial charge in [0, 0.05) is 13.0 Å². The van der Waals surface area contributed by atoms with Crippen molar-refractivity contribution in [3.05, 3.63) is 0 Å². The maximum absolute atomic E-state index is 12.0. The number of hydrogen-bond acceptors (Lipinski definition) is 5. The van der Waals surface area contributed by atoms with E-state index in [1.807, 2.05) is 0 Å². The molecule has 0 spiro atoms. The van der Waals surface area contributed by atoms with Gasteiger partial charge in [0.25, 0.3) is 0 Å². The van der Waals surface area contributed by atoms with Crippen molar-refractivity contribution in [2.75, 3.05) is 13.1 Å². The monoisotopic (exact) mass is 259 g/mol. The van der Waals surface area contributed by atoms with Crippen molar-refractivity contribution in [1.29, 1.82) is 0 Å². The molecule has 6 N–H and O–H groups in total. The normalized spacial score (nSPS) is 25.2. The number of unbranched alkanes of at least 4 members (excludes halogenated alkanes) is 1. The third-order valence-electron chi connectivity index (χ3n) is 3.13. The third kappa shape index (κ3) is 3.66. The Labute approximate surface area is 106 Å². The molecule has 1 aliphatic rings. The third-order valence-corrected chi connectivity index (χ3v) is 3.13. The zero-order chi connectivity index (χ0) is 13.7. The fourth-order valence-corrected chi connectivity index (χ4v) is 2.14. The minimum absolute atomic E-state index is 0.0421. The van der Waals surface area contributed by atoms with Gasteiger partial charge in [0.05, 0.1) is 12.1 Å². The standard InChI is InChI=1S/C11H21N3O4/c12-4-2-1-3-8(13)10(16)14-6-7(15)5-9(14)11(17)18/h7-9,15H,1-6,12-13H2,(H,17,18)/t7-,8-,9-/m0/s1. The Kier molecular flexibility index (Phi) is 5.52. The van der Waals surface area contributed by atoms with Crippen LogP contribution in [0.2, 0.25) is 0 Å². The van der Waals surface area contributed by atoms with Crippen LogP contribution in [0.25, 0.3) is 0 Å². The maximum atomic E-state index is 12.0. The van der Waals surface area contributed by atoms with Crippen LogP contribution in [0.15, 0.2) is 0 Å². The van der Waals surface area contributed by atoms with E-state index in [4.69, 9.17) is 16.6 Å². The predicted molar refractivity (Wildman–Crippen MR) is 64.6 cm³/mol. The number of carbonyl (C=O) groups excluding carboxylic acids is 1. The van der Waals surface area contributed by atoms with Crippen molar-refractivity contribution in [2.45, 2.75) is 43.9 Å². The van der Waals surface area contributed by atoms with Gasteiger partial charge in [-0.25, -0.2) is 4.79 Å². The molecule has 1 rings (SSSR count). The Hall–Kier alpha value is -1.18. The lowest BCUT2D eigenvalue weighted by atomic mass is 10.1. The van der Waals surface area contributed by atoms with E-state index in [1.165, 1.54) is 4.90 Å². The SMILES string of the molecule is NCCCC[C@H](N)C(=O)N1C[C@@H](O)C[C@H]1C(=O)O. The second-order valence-corrected chi connectivity index (χ2v) is 4.63. The molecule has 0 radical (unpaired) electrons. The molecular weight excluding hydrogens is 238 g/mol. The van der Waals surface area contributed by atoms with Gasteiger partial charge >= 0.3 is 5.97 Å². The maximum Gasteiger partial charge on any atom is 0.326 e. The Morgan fingerprint density at radius 2 is 2.06 bits per heavy atom. The molecule has 1 saturated heterocycles. The van der Waals surface area contributed by atoms with Gasteiger partial charge in [-0.05, 0) is 19.4 Å². The molecule has 0 aromatic rings. The highest BCUT2D eigenvalue weighted by atomic mass is 16.4. The number of aliphatic hydroxyl groups excluding tert-OH is 1. The first-order valence-electron chi connectivity index (χ1n) is 6.14. The van der Waals surface area contributed by atoms with Crippen LogP contribution in [0.5, 0.6) is 0 Å². The topological polar surface area (TPSA) is 130 Å². The lowest BCUT2D eigenvalue weighted by Crippen LogP contribution is -2.48. The summed E-state index contributed by atoms with van der Waals surface area (Å²) >= 11 is 0. The molecule has 0 unspecified atom stereocenters. The molecule has 0 aromatic heterocycles. The molecule has 1 fully saturated rings.